The molecule has 1 N–H and O–H groups in total. The molecule has 0 unspecified atom stereocenters. The molecule has 0 aliphatic heterocycles. The van der Waals surface area contributed by atoms with Crippen LogP contribution in [0.2, 0.25) is 0 Å². The second-order valence-electron chi connectivity index (χ2n) is 6.47. The molecule has 0 heterocycles. The van der Waals surface area contributed by atoms with Gasteiger partial charge in [-0.1, -0.05) is 36.4 Å². The van der Waals surface area contributed by atoms with E-state index in [4.69, 9.17) is 9.47 Å². The smallest absolute Gasteiger partial charge is 0.220 e. The summed E-state index contributed by atoms with van der Waals surface area (Å²) in [6.45, 7) is 6.38. The fourth-order valence-electron chi connectivity index (χ4n) is 2.74. The molecule has 26 heavy (non-hydrogen) atoms. The predicted octanol–water partition coefficient (Wildman–Crippen LogP) is 3.84. The number of hydrogen-bond acceptors (Lipinski definition) is 3. The zero-order valence-corrected chi connectivity index (χ0v) is 15.8. The first kappa shape index (κ1) is 20.0. The Morgan fingerprint density at radius 3 is 2.42 bits per heavy atom. The Balaban J connectivity index is 1.47. The zero-order valence-electron chi connectivity index (χ0n) is 15.8. The molecule has 0 spiro atoms. The highest BCUT2D eigenvalue weighted by Crippen LogP contribution is 2.15. The van der Waals surface area contributed by atoms with Gasteiger partial charge >= 0.3 is 0 Å². The second kappa shape index (κ2) is 11.3. The maximum Gasteiger partial charge on any atom is 0.220 e. The van der Waals surface area contributed by atoms with Crippen molar-refractivity contribution in [2.45, 2.75) is 33.1 Å². The van der Waals surface area contributed by atoms with Crippen LogP contribution in [-0.2, 0) is 16.0 Å². The number of carbonyl (C=O) groups is 1. The predicted molar refractivity (Wildman–Crippen MR) is 105 cm³/mol. The highest BCUT2D eigenvalue weighted by Gasteiger charge is 2.02. The number of nitrogens with one attached hydrogen (secondary N) is 1. The molecular formula is C22H29NO3. The Labute approximate surface area is 156 Å². The van der Waals surface area contributed by atoms with Crippen LogP contribution in [0.25, 0.3) is 0 Å². The van der Waals surface area contributed by atoms with Crippen LogP contribution < -0.4 is 10.1 Å². The summed E-state index contributed by atoms with van der Waals surface area (Å²) in [4.78, 5) is 11.8. The number of ether oxygens (including phenoxy) is 2. The Bertz CT molecular complexity index is 650. The number of rotatable bonds is 11. The summed E-state index contributed by atoms with van der Waals surface area (Å²) in [5, 5.41) is 2.88. The maximum absolute atomic E-state index is 11.8. The van der Waals surface area contributed by atoms with E-state index in [0.29, 0.717) is 32.8 Å². The van der Waals surface area contributed by atoms with Crippen LogP contribution >= 0.6 is 0 Å². The lowest BCUT2D eigenvalue weighted by molar-refractivity contribution is -0.121. The Kier molecular flexibility index (Phi) is 8.70. The topological polar surface area (TPSA) is 47.6 Å². The molecule has 140 valence electrons. The fourth-order valence-corrected chi connectivity index (χ4v) is 2.74. The number of carbonyl (C=O) groups excluding carboxylic acids is 1. The lowest BCUT2D eigenvalue weighted by atomic mass is 10.1. The first-order chi connectivity index (χ1) is 12.6. The third kappa shape index (κ3) is 8.17. The number of aryl methyl sites for hydroxylation is 2. The molecule has 0 saturated carbocycles. The van der Waals surface area contributed by atoms with E-state index < -0.39 is 0 Å². The van der Waals surface area contributed by atoms with Crippen molar-refractivity contribution in [2.24, 2.45) is 0 Å². The molecular weight excluding hydrogens is 326 g/mol. The highest BCUT2D eigenvalue weighted by atomic mass is 16.5. The number of hydrogen-bond donors (Lipinski definition) is 1. The number of benzene rings is 2. The van der Waals surface area contributed by atoms with Crippen molar-refractivity contribution < 1.29 is 14.3 Å². The van der Waals surface area contributed by atoms with Crippen LogP contribution in [-0.4, -0.2) is 32.3 Å². The first-order valence-corrected chi connectivity index (χ1v) is 9.23. The maximum atomic E-state index is 11.8. The lowest BCUT2D eigenvalue weighted by Gasteiger charge is -2.09. The van der Waals surface area contributed by atoms with Crippen molar-refractivity contribution >= 4 is 5.91 Å². The summed E-state index contributed by atoms with van der Waals surface area (Å²) >= 11 is 0. The van der Waals surface area contributed by atoms with Crippen molar-refractivity contribution in [3.05, 3.63) is 65.2 Å². The molecule has 0 radical (unpaired) electrons. The SMILES string of the molecule is Cc1cc(C)cc(OCCNC(=O)CCCOCCc2ccccc2)c1. The molecule has 0 aliphatic rings. The Morgan fingerprint density at radius 1 is 0.962 bits per heavy atom. The largest absolute Gasteiger partial charge is 0.492 e. The zero-order chi connectivity index (χ0) is 18.6. The number of amides is 1. The van der Waals surface area contributed by atoms with Crippen LogP contribution in [0.4, 0.5) is 0 Å². The van der Waals surface area contributed by atoms with Crippen LogP contribution in [0.5, 0.6) is 5.75 Å². The normalized spacial score (nSPS) is 10.5. The van der Waals surface area contributed by atoms with Crippen molar-refractivity contribution in [1.82, 2.24) is 5.32 Å². The summed E-state index contributed by atoms with van der Waals surface area (Å²) in [6.07, 6.45) is 2.12. The minimum atomic E-state index is 0.0423. The average molecular weight is 355 g/mol. The van der Waals surface area contributed by atoms with Gasteiger partial charge in [-0.2, -0.15) is 0 Å². The van der Waals surface area contributed by atoms with Gasteiger partial charge in [0.1, 0.15) is 12.4 Å². The van der Waals surface area contributed by atoms with Gasteiger partial charge in [0.15, 0.2) is 0 Å². The average Bonchev–Trinajstić information content (AvgIpc) is 2.62. The minimum absolute atomic E-state index is 0.0423. The monoisotopic (exact) mass is 355 g/mol. The van der Waals surface area contributed by atoms with Crippen LogP contribution in [0.3, 0.4) is 0 Å². The van der Waals surface area contributed by atoms with E-state index in [2.05, 4.69) is 23.5 Å². The molecule has 0 fully saturated rings. The summed E-state index contributed by atoms with van der Waals surface area (Å²) < 4.78 is 11.3. The molecule has 1 amide bonds. The standard InChI is InChI=1S/C22H29NO3/c1-18-15-19(2)17-21(16-18)26-14-11-23-22(24)9-6-12-25-13-10-20-7-4-3-5-8-20/h3-5,7-8,15-17H,6,9-14H2,1-2H3,(H,23,24). The first-order valence-electron chi connectivity index (χ1n) is 9.23. The van der Waals surface area contributed by atoms with Crippen molar-refractivity contribution in [3.8, 4) is 5.75 Å². The van der Waals surface area contributed by atoms with Gasteiger partial charge in [0, 0.05) is 13.0 Å². The Hall–Kier alpha value is -2.33. The van der Waals surface area contributed by atoms with Gasteiger partial charge in [-0.05, 0) is 55.5 Å². The molecule has 4 heteroatoms. The van der Waals surface area contributed by atoms with Crippen molar-refractivity contribution in [1.29, 1.82) is 0 Å². The van der Waals surface area contributed by atoms with Crippen LogP contribution in [0, 0.1) is 13.8 Å². The third-order valence-corrected chi connectivity index (χ3v) is 3.96. The molecule has 0 aromatic heterocycles. The van der Waals surface area contributed by atoms with Crippen LogP contribution in [0.15, 0.2) is 48.5 Å². The van der Waals surface area contributed by atoms with E-state index in [1.54, 1.807) is 0 Å². The summed E-state index contributed by atoms with van der Waals surface area (Å²) in [5.41, 5.74) is 3.63. The van der Waals surface area contributed by atoms with Gasteiger partial charge in [0.05, 0.1) is 13.2 Å². The van der Waals surface area contributed by atoms with Gasteiger partial charge in [-0.25, -0.2) is 0 Å². The van der Waals surface area contributed by atoms with Gasteiger partial charge < -0.3 is 14.8 Å². The van der Waals surface area contributed by atoms with Gasteiger partial charge in [0.2, 0.25) is 5.91 Å². The van der Waals surface area contributed by atoms with E-state index in [0.717, 1.165) is 18.6 Å². The quantitative estimate of drug-likeness (QED) is 0.623. The molecule has 0 saturated heterocycles. The van der Waals surface area contributed by atoms with Gasteiger partial charge in [-0.15, -0.1) is 0 Å². The molecule has 2 aromatic carbocycles. The third-order valence-electron chi connectivity index (χ3n) is 3.96. The molecule has 0 bridgehead atoms. The van der Waals surface area contributed by atoms with Crippen molar-refractivity contribution in [3.63, 3.8) is 0 Å². The molecule has 2 aromatic rings. The van der Waals surface area contributed by atoms with Gasteiger partial charge in [-0.3, -0.25) is 4.79 Å². The van der Waals surface area contributed by atoms with E-state index in [1.165, 1.54) is 16.7 Å². The van der Waals surface area contributed by atoms with E-state index in [9.17, 15) is 4.79 Å². The molecule has 4 nitrogen and oxygen atoms in total. The second-order valence-corrected chi connectivity index (χ2v) is 6.47. The van der Waals surface area contributed by atoms with E-state index in [-0.39, 0.29) is 5.91 Å². The van der Waals surface area contributed by atoms with Crippen LogP contribution in [0.1, 0.15) is 29.5 Å². The van der Waals surface area contributed by atoms with Gasteiger partial charge in [0.25, 0.3) is 0 Å². The summed E-state index contributed by atoms with van der Waals surface area (Å²) in [6, 6.07) is 16.4. The fraction of sp³-hybridized carbons (Fsp3) is 0.409. The summed E-state index contributed by atoms with van der Waals surface area (Å²) in [7, 11) is 0. The lowest BCUT2D eigenvalue weighted by Crippen LogP contribution is -2.28. The molecule has 0 atom stereocenters. The van der Waals surface area contributed by atoms with E-state index in [1.807, 2.05) is 44.2 Å². The molecule has 2 rings (SSSR count). The van der Waals surface area contributed by atoms with Crippen molar-refractivity contribution in [2.75, 3.05) is 26.4 Å². The van der Waals surface area contributed by atoms with E-state index >= 15 is 0 Å². The molecule has 0 aliphatic carbocycles. The summed E-state index contributed by atoms with van der Waals surface area (Å²) in [5.74, 6) is 0.893. The minimum Gasteiger partial charge on any atom is -0.492 e. The highest BCUT2D eigenvalue weighted by molar-refractivity contribution is 5.75. The Morgan fingerprint density at radius 2 is 1.69 bits per heavy atom.